The monoisotopic (exact) mass is 218 g/mol. The van der Waals surface area contributed by atoms with E-state index in [1.54, 1.807) is 0 Å². The number of carbonyl (C=O) groups excluding carboxylic acids is 1. The lowest BCUT2D eigenvalue weighted by Gasteiger charge is -2.15. The van der Waals surface area contributed by atoms with Gasteiger partial charge in [-0.15, -0.1) is 0 Å². The molecule has 0 saturated carbocycles. The Kier molecular flexibility index (Phi) is 4.01. The minimum absolute atomic E-state index is 0.254. The molecule has 7 heteroatoms. The zero-order valence-electron chi connectivity index (χ0n) is 8.01. The summed E-state index contributed by atoms with van der Waals surface area (Å²) in [5, 5.41) is 31.3. The SMILES string of the molecule is O=C(O)[C@H](CO)NC(=O)[C@@H]1C[C@H](O)CN1. The maximum atomic E-state index is 11.4. The molecule has 5 N–H and O–H groups in total. The second kappa shape index (κ2) is 5.06. The quantitative estimate of drug-likeness (QED) is 0.349. The van der Waals surface area contributed by atoms with Crippen molar-refractivity contribution in [3.05, 3.63) is 0 Å². The number of β-amino-alcohol motifs (C(OH)–C–C–N with tert-alkyl or cyclic N) is 1. The normalized spacial score (nSPS) is 27.3. The molecule has 0 aromatic carbocycles. The van der Waals surface area contributed by atoms with Crippen molar-refractivity contribution in [1.82, 2.24) is 10.6 Å². The van der Waals surface area contributed by atoms with Crippen LogP contribution in [0.4, 0.5) is 0 Å². The van der Waals surface area contributed by atoms with Gasteiger partial charge in [-0.2, -0.15) is 0 Å². The summed E-state index contributed by atoms with van der Waals surface area (Å²) in [6, 6.07) is -1.88. The van der Waals surface area contributed by atoms with Crippen molar-refractivity contribution in [1.29, 1.82) is 0 Å². The molecule has 0 bridgehead atoms. The smallest absolute Gasteiger partial charge is 0.328 e. The van der Waals surface area contributed by atoms with Crippen LogP contribution in [0.1, 0.15) is 6.42 Å². The summed E-state index contributed by atoms with van der Waals surface area (Å²) in [5.41, 5.74) is 0. The molecule has 1 aliphatic rings. The predicted molar refractivity (Wildman–Crippen MR) is 49.1 cm³/mol. The van der Waals surface area contributed by atoms with Crippen LogP contribution in [-0.2, 0) is 9.59 Å². The van der Waals surface area contributed by atoms with E-state index in [1.807, 2.05) is 0 Å². The van der Waals surface area contributed by atoms with E-state index in [0.29, 0.717) is 6.54 Å². The Morgan fingerprint density at radius 1 is 1.53 bits per heavy atom. The molecule has 15 heavy (non-hydrogen) atoms. The Hall–Kier alpha value is -1.18. The fourth-order valence-corrected chi connectivity index (χ4v) is 1.37. The maximum Gasteiger partial charge on any atom is 0.328 e. The first-order chi connectivity index (χ1) is 7.04. The van der Waals surface area contributed by atoms with E-state index in [2.05, 4.69) is 10.6 Å². The van der Waals surface area contributed by atoms with Gasteiger partial charge in [-0.25, -0.2) is 4.79 Å². The number of nitrogens with one attached hydrogen (secondary N) is 2. The molecular formula is C8H14N2O5. The highest BCUT2D eigenvalue weighted by atomic mass is 16.4. The van der Waals surface area contributed by atoms with E-state index < -0.39 is 36.7 Å². The van der Waals surface area contributed by atoms with Crippen molar-refractivity contribution in [2.45, 2.75) is 24.6 Å². The molecule has 86 valence electrons. The summed E-state index contributed by atoms with van der Waals surface area (Å²) in [4.78, 5) is 21.9. The summed E-state index contributed by atoms with van der Waals surface area (Å²) in [6.45, 7) is -0.342. The number of aliphatic hydroxyl groups excluding tert-OH is 2. The molecule has 1 saturated heterocycles. The molecule has 1 fully saturated rings. The molecule has 0 aromatic heterocycles. The Morgan fingerprint density at radius 3 is 2.60 bits per heavy atom. The second-order valence-corrected chi connectivity index (χ2v) is 3.43. The molecule has 3 atom stereocenters. The molecule has 0 spiro atoms. The minimum Gasteiger partial charge on any atom is -0.480 e. The van der Waals surface area contributed by atoms with Crippen LogP contribution in [0.15, 0.2) is 0 Å². The predicted octanol–water partition coefficient (Wildman–Crippen LogP) is -2.73. The van der Waals surface area contributed by atoms with Crippen LogP contribution in [-0.4, -0.2) is 58.5 Å². The van der Waals surface area contributed by atoms with E-state index in [4.69, 9.17) is 15.3 Å². The molecule has 1 heterocycles. The van der Waals surface area contributed by atoms with Crippen LogP contribution in [0.3, 0.4) is 0 Å². The first-order valence-corrected chi connectivity index (χ1v) is 4.60. The Bertz CT molecular complexity index is 257. The topological polar surface area (TPSA) is 119 Å². The van der Waals surface area contributed by atoms with Gasteiger partial charge in [0.05, 0.1) is 18.8 Å². The zero-order chi connectivity index (χ0) is 11.4. The molecule has 1 amide bonds. The fourth-order valence-electron chi connectivity index (χ4n) is 1.37. The zero-order valence-corrected chi connectivity index (χ0v) is 8.01. The highest BCUT2D eigenvalue weighted by Gasteiger charge is 2.30. The van der Waals surface area contributed by atoms with Crippen LogP contribution in [0.5, 0.6) is 0 Å². The van der Waals surface area contributed by atoms with Crippen molar-refractivity contribution < 1.29 is 24.9 Å². The standard InChI is InChI=1S/C8H14N2O5/c11-3-6(8(14)15)10-7(13)5-1-4(12)2-9-5/h4-6,9,11-12H,1-3H2,(H,10,13)(H,14,15)/t4-,5-,6-/m0/s1. The molecule has 1 rings (SSSR count). The lowest BCUT2D eigenvalue weighted by Crippen LogP contribution is -2.49. The number of hydrogen-bond donors (Lipinski definition) is 5. The molecular weight excluding hydrogens is 204 g/mol. The molecule has 7 nitrogen and oxygen atoms in total. The van der Waals surface area contributed by atoms with Crippen LogP contribution >= 0.6 is 0 Å². The highest BCUT2D eigenvalue weighted by Crippen LogP contribution is 2.06. The number of amides is 1. The third-order valence-electron chi connectivity index (χ3n) is 2.22. The van der Waals surface area contributed by atoms with Gasteiger partial charge in [0.2, 0.25) is 5.91 Å². The van der Waals surface area contributed by atoms with Gasteiger partial charge in [0, 0.05) is 6.54 Å². The Balaban J connectivity index is 2.44. The first kappa shape index (κ1) is 11.9. The van der Waals surface area contributed by atoms with E-state index in [0.717, 1.165) is 0 Å². The Labute approximate surface area is 86.1 Å². The molecule has 0 unspecified atom stereocenters. The average molecular weight is 218 g/mol. The molecule has 0 aromatic rings. The lowest BCUT2D eigenvalue weighted by molar-refractivity contribution is -0.143. The summed E-state index contributed by atoms with van der Waals surface area (Å²) in [6.07, 6.45) is -0.331. The van der Waals surface area contributed by atoms with Crippen molar-refractivity contribution in [3.63, 3.8) is 0 Å². The third kappa shape index (κ3) is 3.15. The number of aliphatic hydroxyl groups is 2. The van der Waals surface area contributed by atoms with Crippen molar-refractivity contribution >= 4 is 11.9 Å². The van der Waals surface area contributed by atoms with Gasteiger partial charge in [0.15, 0.2) is 0 Å². The molecule has 0 radical (unpaired) electrons. The van der Waals surface area contributed by atoms with Gasteiger partial charge in [0.25, 0.3) is 0 Å². The third-order valence-corrected chi connectivity index (χ3v) is 2.22. The van der Waals surface area contributed by atoms with Crippen molar-refractivity contribution in [2.75, 3.05) is 13.2 Å². The number of rotatable bonds is 4. The number of carboxylic acids is 1. The Morgan fingerprint density at radius 2 is 2.20 bits per heavy atom. The number of carboxylic acid groups (broad SMARTS) is 1. The van der Waals surface area contributed by atoms with Gasteiger partial charge in [-0.05, 0) is 6.42 Å². The second-order valence-electron chi connectivity index (χ2n) is 3.43. The summed E-state index contributed by atoms with van der Waals surface area (Å²) < 4.78 is 0. The van der Waals surface area contributed by atoms with Gasteiger partial charge >= 0.3 is 5.97 Å². The summed E-state index contributed by atoms with van der Waals surface area (Å²) >= 11 is 0. The summed E-state index contributed by atoms with van der Waals surface area (Å²) in [7, 11) is 0. The lowest BCUT2D eigenvalue weighted by atomic mass is 10.2. The fraction of sp³-hybridized carbons (Fsp3) is 0.750. The van der Waals surface area contributed by atoms with E-state index in [-0.39, 0.29) is 6.42 Å². The number of aliphatic carboxylic acids is 1. The number of hydrogen-bond acceptors (Lipinski definition) is 5. The molecule has 0 aliphatic carbocycles. The maximum absolute atomic E-state index is 11.4. The van der Waals surface area contributed by atoms with Gasteiger partial charge < -0.3 is 26.0 Å². The van der Waals surface area contributed by atoms with Gasteiger partial charge in [-0.1, -0.05) is 0 Å². The van der Waals surface area contributed by atoms with Crippen LogP contribution < -0.4 is 10.6 Å². The van der Waals surface area contributed by atoms with E-state index in [9.17, 15) is 9.59 Å². The minimum atomic E-state index is -1.29. The summed E-state index contributed by atoms with van der Waals surface area (Å²) in [5.74, 6) is -1.81. The van der Waals surface area contributed by atoms with Crippen molar-refractivity contribution in [2.24, 2.45) is 0 Å². The van der Waals surface area contributed by atoms with Gasteiger partial charge in [0.1, 0.15) is 6.04 Å². The number of carbonyl (C=O) groups is 2. The van der Waals surface area contributed by atoms with Crippen LogP contribution in [0.2, 0.25) is 0 Å². The van der Waals surface area contributed by atoms with Crippen LogP contribution in [0, 0.1) is 0 Å². The highest BCUT2D eigenvalue weighted by molar-refractivity contribution is 5.87. The largest absolute Gasteiger partial charge is 0.480 e. The molecule has 1 aliphatic heterocycles. The average Bonchev–Trinajstić information content (AvgIpc) is 2.60. The van der Waals surface area contributed by atoms with Crippen LogP contribution in [0.25, 0.3) is 0 Å². The van der Waals surface area contributed by atoms with Gasteiger partial charge in [-0.3, -0.25) is 4.79 Å². The van der Waals surface area contributed by atoms with E-state index in [1.165, 1.54) is 0 Å². The first-order valence-electron chi connectivity index (χ1n) is 4.60. The van der Waals surface area contributed by atoms with E-state index >= 15 is 0 Å². The van der Waals surface area contributed by atoms with Crippen molar-refractivity contribution in [3.8, 4) is 0 Å².